The predicted octanol–water partition coefficient (Wildman–Crippen LogP) is 6.56. The molecule has 0 fully saturated rings. The Hall–Kier alpha value is -3.77. The average Bonchev–Trinajstić information content (AvgIpc) is 3.31. The molecule has 0 amide bonds. The van der Waals surface area contributed by atoms with Crippen LogP contribution in [0.15, 0.2) is 95.6 Å². The third kappa shape index (κ3) is 5.18. The van der Waals surface area contributed by atoms with Crippen LogP contribution in [0, 0.1) is 0 Å². The minimum Gasteiger partial charge on any atom is -0.508 e. The number of phenolic OH excluding ortho intramolecular Hbond substituents is 2. The second kappa shape index (κ2) is 10.2. The molecule has 3 aromatic carbocycles. The van der Waals surface area contributed by atoms with Crippen LogP contribution >= 0.6 is 11.8 Å². The summed E-state index contributed by atoms with van der Waals surface area (Å²) >= 11 is 1.37. The van der Waals surface area contributed by atoms with Gasteiger partial charge in [0.25, 0.3) is 5.22 Å². The second-order valence-electron chi connectivity index (χ2n) is 7.51. The summed E-state index contributed by atoms with van der Waals surface area (Å²) in [6.07, 6.45) is 4.78. The molecule has 166 valence electrons. The van der Waals surface area contributed by atoms with Gasteiger partial charge < -0.3 is 14.6 Å². The summed E-state index contributed by atoms with van der Waals surface area (Å²) in [6.45, 7) is 7.59. The van der Waals surface area contributed by atoms with Crippen molar-refractivity contribution in [3.63, 3.8) is 0 Å². The Morgan fingerprint density at radius 1 is 0.848 bits per heavy atom. The number of phenols is 2. The third-order valence-electron chi connectivity index (χ3n) is 5.16. The quantitative estimate of drug-likeness (QED) is 0.219. The van der Waals surface area contributed by atoms with Gasteiger partial charge >= 0.3 is 0 Å². The molecule has 0 radical (unpaired) electrons. The van der Waals surface area contributed by atoms with E-state index in [9.17, 15) is 10.2 Å². The fourth-order valence-corrected chi connectivity index (χ4v) is 4.29. The lowest BCUT2D eigenvalue weighted by atomic mass is 9.95. The maximum Gasteiger partial charge on any atom is 0.277 e. The number of allylic oxidation sites excluding steroid dienone is 2. The van der Waals surface area contributed by atoms with Crippen molar-refractivity contribution in [3.8, 4) is 34.1 Å². The van der Waals surface area contributed by atoms with Gasteiger partial charge in [-0.1, -0.05) is 54.2 Å². The van der Waals surface area contributed by atoms with Crippen molar-refractivity contribution < 1.29 is 14.6 Å². The standard InChI is InChI=1S/C27H24N2O3S/c1-3-8-18-14-22(17-33-27-29-28-26(32-27)19-10-6-5-7-11-19)25(31)23(15-18)20-12-13-24(30)21(16-20)9-4-2/h3-7,10-16,30-31H,1-2,8-9,17H2. The summed E-state index contributed by atoms with van der Waals surface area (Å²) in [5, 5.41) is 29.9. The lowest BCUT2D eigenvalue weighted by molar-refractivity contribution is 0.464. The van der Waals surface area contributed by atoms with Gasteiger partial charge in [0.05, 0.1) is 0 Å². The van der Waals surface area contributed by atoms with E-state index in [1.54, 1.807) is 18.2 Å². The SMILES string of the molecule is C=CCc1cc(CSc2nnc(-c3ccccc3)o2)c(O)c(-c2ccc(O)c(CC=C)c2)c1. The number of benzene rings is 3. The highest BCUT2D eigenvalue weighted by atomic mass is 32.2. The first-order chi connectivity index (χ1) is 16.1. The van der Waals surface area contributed by atoms with Crippen molar-refractivity contribution in [2.45, 2.75) is 23.8 Å². The molecular weight excluding hydrogens is 432 g/mol. The van der Waals surface area contributed by atoms with Gasteiger partial charge in [-0.3, -0.25) is 0 Å². The lowest BCUT2D eigenvalue weighted by Crippen LogP contribution is -1.93. The zero-order valence-electron chi connectivity index (χ0n) is 18.1. The molecule has 33 heavy (non-hydrogen) atoms. The number of rotatable bonds is 9. The van der Waals surface area contributed by atoms with E-state index in [1.165, 1.54) is 11.8 Å². The van der Waals surface area contributed by atoms with Crippen molar-refractivity contribution in [2.24, 2.45) is 0 Å². The number of aromatic hydroxyl groups is 2. The first-order valence-corrected chi connectivity index (χ1v) is 11.5. The molecular formula is C27H24N2O3S. The monoisotopic (exact) mass is 456 g/mol. The molecule has 6 heteroatoms. The van der Waals surface area contributed by atoms with Crippen LogP contribution in [0.2, 0.25) is 0 Å². The molecule has 0 saturated heterocycles. The molecule has 0 atom stereocenters. The Morgan fingerprint density at radius 3 is 2.39 bits per heavy atom. The highest BCUT2D eigenvalue weighted by molar-refractivity contribution is 7.98. The number of hydrogen-bond donors (Lipinski definition) is 2. The summed E-state index contributed by atoms with van der Waals surface area (Å²) < 4.78 is 5.79. The van der Waals surface area contributed by atoms with Crippen molar-refractivity contribution >= 4 is 11.8 Å². The molecule has 0 aliphatic rings. The molecule has 1 aromatic heterocycles. The van der Waals surface area contributed by atoms with Crippen LogP contribution in [0.5, 0.6) is 11.5 Å². The van der Waals surface area contributed by atoms with E-state index in [-0.39, 0.29) is 11.5 Å². The largest absolute Gasteiger partial charge is 0.508 e. The van der Waals surface area contributed by atoms with Crippen molar-refractivity contribution in [1.29, 1.82) is 0 Å². The van der Waals surface area contributed by atoms with Crippen LogP contribution in [0.1, 0.15) is 16.7 Å². The molecule has 0 aliphatic heterocycles. The zero-order valence-corrected chi connectivity index (χ0v) is 18.9. The van der Waals surface area contributed by atoms with E-state index in [4.69, 9.17) is 4.42 Å². The van der Waals surface area contributed by atoms with E-state index in [0.29, 0.717) is 35.3 Å². The third-order valence-corrected chi connectivity index (χ3v) is 6.03. The number of hydrogen-bond acceptors (Lipinski definition) is 6. The Labute approximate surface area is 197 Å². The zero-order chi connectivity index (χ0) is 23.2. The Morgan fingerprint density at radius 2 is 1.64 bits per heavy atom. The topological polar surface area (TPSA) is 79.4 Å². The smallest absolute Gasteiger partial charge is 0.277 e. The van der Waals surface area contributed by atoms with Gasteiger partial charge in [-0.2, -0.15) is 0 Å². The van der Waals surface area contributed by atoms with Crippen LogP contribution in [-0.4, -0.2) is 20.4 Å². The highest BCUT2D eigenvalue weighted by Gasteiger charge is 2.15. The molecule has 0 bridgehead atoms. The summed E-state index contributed by atoms with van der Waals surface area (Å²) in [4.78, 5) is 0. The average molecular weight is 457 g/mol. The molecule has 0 unspecified atom stereocenters. The minimum atomic E-state index is 0.188. The van der Waals surface area contributed by atoms with Gasteiger partial charge in [0.1, 0.15) is 11.5 Å². The highest BCUT2D eigenvalue weighted by Crippen LogP contribution is 2.38. The fraction of sp³-hybridized carbons (Fsp3) is 0.111. The van der Waals surface area contributed by atoms with Crippen LogP contribution in [-0.2, 0) is 18.6 Å². The van der Waals surface area contributed by atoms with Crippen molar-refractivity contribution in [1.82, 2.24) is 10.2 Å². The van der Waals surface area contributed by atoms with E-state index in [2.05, 4.69) is 23.4 Å². The van der Waals surface area contributed by atoms with Gasteiger partial charge in [0.15, 0.2) is 0 Å². The fourth-order valence-electron chi connectivity index (χ4n) is 3.55. The minimum absolute atomic E-state index is 0.188. The van der Waals surface area contributed by atoms with Gasteiger partial charge in [-0.25, -0.2) is 0 Å². The molecule has 0 aliphatic carbocycles. The van der Waals surface area contributed by atoms with Gasteiger partial charge in [-0.05, 0) is 59.9 Å². The number of aromatic nitrogens is 2. The van der Waals surface area contributed by atoms with Gasteiger partial charge in [0, 0.05) is 22.4 Å². The first kappa shape index (κ1) is 22.4. The van der Waals surface area contributed by atoms with E-state index in [0.717, 1.165) is 27.8 Å². The van der Waals surface area contributed by atoms with E-state index < -0.39 is 0 Å². The van der Waals surface area contributed by atoms with Crippen molar-refractivity contribution in [2.75, 3.05) is 0 Å². The Kier molecular flexibility index (Phi) is 6.95. The Bertz CT molecular complexity index is 1280. The Balaban J connectivity index is 1.63. The van der Waals surface area contributed by atoms with Crippen LogP contribution in [0.4, 0.5) is 0 Å². The van der Waals surface area contributed by atoms with Crippen LogP contribution in [0.3, 0.4) is 0 Å². The van der Waals surface area contributed by atoms with Gasteiger partial charge in [-0.15, -0.1) is 23.4 Å². The molecule has 0 spiro atoms. The van der Waals surface area contributed by atoms with E-state index >= 15 is 0 Å². The predicted molar refractivity (Wildman–Crippen MR) is 132 cm³/mol. The normalized spacial score (nSPS) is 10.8. The number of thioether (sulfide) groups is 1. The lowest BCUT2D eigenvalue weighted by Gasteiger charge is -2.14. The molecule has 4 aromatic rings. The summed E-state index contributed by atoms with van der Waals surface area (Å²) in [5.74, 6) is 1.31. The van der Waals surface area contributed by atoms with Crippen molar-refractivity contribution in [3.05, 3.63) is 103 Å². The van der Waals surface area contributed by atoms with Gasteiger partial charge in [0.2, 0.25) is 5.89 Å². The number of nitrogens with zero attached hydrogens (tertiary/aromatic N) is 2. The molecule has 0 saturated carbocycles. The van der Waals surface area contributed by atoms with Crippen LogP contribution < -0.4 is 0 Å². The summed E-state index contributed by atoms with van der Waals surface area (Å²) in [6, 6.07) is 18.8. The molecule has 2 N–H and O–H groups in total. The molecule has 1 heterocycles. The second-order valence-corrected chi connectivity index (χ2v) is 8.43. The maximum atomic E-state index is 11.1. The maximum absolute atomic E-state index is 11.1. The van der Waals surface area contributed by atoms with Crippen LogP contribution in [0.25, 0.3) is 22.6 Å². The summed E-state index contributed by atoms with van der Waals surface area (Å²) in [5.41, 5.74) is 4.92. The molecule has 4 rings (SSSR count). The van der Waals surface area contributed by atoms with E-state index in [1.807, 2.05) is 54.6 Å². The first-order valence-electron chi connectivity index (χ1n) is 10.5. The molecule has 5 nitrogen and oxygen atoms in total. The summed E-state index contributed by atoms with van der Waals surface area (Å²) in [7, 11) is 0.